The third-order valence-corrected chi connectivity index (χ3v) is 10.8. The van der Waals surface area contributed by atoms with E-state index in [1.807, 2.05) is 33.3 Å². The second-order valence-corrected chi connectivity index (χ2v) is 18.2. The molecule has 59 heavy (non-hydrogen) atoms. The molecule has 2 atom stereocenters. The van der Waals surface area contributed by atoms with Crippen LogP contribution in [0.4, 0.5) is 0 Å². The Morgan fingerprint density at radius 1 is 0.525 bits per heavy atom. The number of carbonyl (C=O) groups excluding carboxylic acids is 2. The number of carbonyl (C=O) groups is 2. The molecule has 0 fully saturated rings. The topological polar surface area (TPSA) is 108 Å². The zero-order valence-electron chi connectivity index (χ0n) is 38.5. The van der Waals surface area contributed by atoms with Gasteiger partial charge in [0.1, 0.15) is 19.8 Å². The summed E-state index contributed by atoms with van der Waals surface area (Å²) in [5, 5.41) is 0. The first-order valence-corrected chi connectivity index (χ1v) is 25.0. The van der Waals surface area contributed by atoms with Crippen LogP contribution in [0.25, 0.3) is 0 Å². The number of rotatable bonds is 42. The van der Waals surface area contributed by atoms with Crippen molar-refractivity contribution in [2.45, 2.75) is 193 Å². The Morgan fingerprint density at radius 3 is 1.46 bits per heavy atom. The molecule has 0 aliphatic rings. The van der Waals surface area contributed by atoms with E-state index in [9.17, 15) is 19.0 Å². The van der Waals surface area contributed by atoms with Crippen LogP contribution in [0, 0.1) is 0 Å². The van der Waals surface area contributed by atoms with Gasteiger partial charge in [-0.2, -0.15) is 0 Å². The highest BCUT2D eigenvalue weighted by atomic mass is 31.2. The molecule has 0 rings (SSSR count). The molecular formula is C49H89NO8P+. The Morgan fingerprint density at radius 2 is 0.949 bits per heavy atom. The monoisotopic (exact) mass is 851 g/mol. The Kier molecular flexibility index (Phi) is 39.5. The van der Waals surface area contributed by atoms with Gasteiger partial charge in [-0.3, -0.25) is 18.6 Å². The first-order valence-electron chi connectivity index (χ1n) is 23.5. The molecule has 9 nitrogen and oxygen atoms in total. The normalized spacial score (nSPS) is 14.1. The van der Waals surface area contributed by atoms with E-state index in [1.54, 1.807) is 0 Å². The van der Waals surface area contributed by atoms with Crippen LogP contribution in [0.2, 0.25) is 0 Å². The molecule has 0 aliphatic heterocycles. The molecule has 0 aromatic carbocycles. The summed E-state index contributed by atoms with van der Waals surface area (Å²) in [5.41, 5.74) is 0. The minimum atomic E-state index is -4.39. The van der Waals surface area contributed by atoms with Crippen LogP contribution in [0.5, 0.6) is 0 Å². The van der Waals surface area contributed by atoms with E-state index in [1.165, 1.54) is 96.3 Å². The molecule has 0 aromatic heterocycles. The van der Waals surface area contributed by atoms with Crippen LogP contribution >= 0.6 is 7.82 Å². The third-order valence-electron chi connectivity index (χ3n) is 9.78. The third kappa shape index (κ3) is 45.1. The quantitative estimate of drug-likeness (QED) is 0.0213. The molecule has 10 heteroatoms. The summed E-state index contributed by atoms with van der Waals surface area (Å²) in [5.74, 6) is -0.885. The fourth-order valence-corrected chi connectivity index (χ4v) is 6.81. The van der Waals surface area contributed by atoms with Crippen LogP contribution in [-0.4, -0.2) is 74.9 Å². The van der Waals surface area contributed by atoms with Gasteiger partial charge in [-0.05, 0) is 70.6 Å². The van der Waals surface area contributed by atoms with Gasteiger partial charge in [-0.1, -0.05) is 164 Å². The number of ether oxygens (including phenoxy) is 2. The Balaban J connectivity index is 4.33. The minimum Gasteiger partial charge on any atom is -0.462 e. The predicted molar refractivity (Wildman–Crippen MR) is 247 cm³/mol. The van der Waals surface area contributed by atoms with E-state index in [-0.39, 0.29) is 32.0 Å². The van der Waals surface area contributed by atoms with Gasteiger partial charge in [0.2, 0.25) is 0 Å². The molecular weight excluding hydrogens is 762 g/mol. The molecule has 2 unspecified atom stereocenters. The maximum absolute atomic E-state index is 12.6. The zero-order chi connectivity index (χ0) is 43.6. The summed E-state index contributed by atoms with van der Waals surface area (Å²) >= 11 is 0. The van der Waals surface area contributed by atoms with E-state index in [0.717, 1.165) is 57.8 Å². The molecule has 0 saturated heterocycles. The summed E-state index contributed by atoms with van der Waals surface area (Å²) in [4.78, 5) is 35.4. The Hall–Kier alpha value is -2.29. The molecule has 0 aliphatic carbocycles. The SMILES string of the molecule is CCCCC/C=C/C/C=C/C/C=C/CCCCCCCCCCCC(=O)OCC(COP(=O)(O)OCC[N+](C)(C)C)OC(=O)CC/C=C/C/C=C/CCCCCCCC. The largest absolute Gasteiger partial charge is 0.472 e. The van der Waals surface area contributed by atoms with Crippen LogP contribution in [-0.2, 0) is 32.7 Å². The van der Waals surface area contributed by atoms with Crippen LogP contribution in [0.15, 0.2) is 60.8 Å². The van der Waals surface area contributed by atoms with Crippen molar-refractivity contribution in [3.8, 4) is 0 Å². The Bertz CT molecular complexity index is 1190. The minimum absolute atomic E-state index is 0.0195. The maximum atomic E-state index is 12.6. The lowest BCUT2D eigenvalue weighted by atomic mass is 10.1. The van der Waals surface area contributed by atoms with Gasteiger partial charge in [-0.15, -0.1) is 0 Å². The summed E-state index contributed by atoms with van der Waals surface area (Å²) in [6.45, 7) is 4.31. The van der Waals surface area contributed by atoms with Crippen molar-refractivity contribution in [1.82, 2.24) is 0 Å². The number of quaternary nitrogens is 1. The van der Waals surface area contributed by atoms with Crippen LogP contribution < -0.4 is 0 Å². The number of allylic oxidation sites excluding steroid dienone is 10. The van der Waals surface area contributed by atoms with Crippen molar-refractivity contribution in [3.05, 3.63) is 60.8 Å². The Labute approximate surface area is 362 Å². The average Bonchev–Trinajstić information content (AvgIpc) is 3.19. The van der Waals surface area contributed by atoms with Gasteiger partial charge in [0.05, 0.1) is 27.7 Å². The number of hydrogen-bond acceptors (Lipinski definition) is 7. The van der Waals surface area contributed by atoms with Gasteiger partial charge < -0.3 is 18.9 Å². The van der Waals surface area contributed by atoms with E-state index in [4.69, 9.17) is 18.5 Å². The number of hydrogen-bond donors (Lipinski definition) is 1. The number of nitrogens with zero attached hydrogens (tertiary/aromatic N) is 1. The standard InChI is InChI=1S/C49H88NO8P/c1-6-8-10-12-14-16-18-20-21-22-23-24-25-26-27-28-30-31-33-35-37-39-41-48(51)55-45-47(46-57-59(53,54)56-44-43-50(3,4)5)58-49(52)42-40-38-36-34-32-29-19-17-15-13-11-9-7-2/h14,16,20-21,23-24,29,32,36,38,47H,6-13,15,17-19,22,25-28,30-31,33-35,37,39-46H2,1-5H3/p+1/b16-14+,21-20+,24-23+,32-29+,38-36+. The zero-order valence-corrected chi connectivity index (χ0v) is 39.4. The molecule has 1 N–H and O–H groups in total. The van der Waals surface area contributed by atoms with Gasteiger partial charge in [0, 0.05) is 12.8 Å². The van der Waals surface area contributed by atoms with Crippen molar-refractivity contribution < 1.29 is 42.1 Å². The average molecular weight is 851 g/mol. The van der Waals surface area contributed by atoms with Crippen molar-refractivity contribution in [3.63, 3.8) is 0 Å². The fraction of sp³-hybridized carbons (Fsp3) is 0.755. The number of unbranched alkanes of at least 4 members (excludes halogenated alkanes) is 18. The first kappa shape index (κ1) is 56.7. The lowest BCUT2D eigenvalue weighted by Crippen LogP contribution is -2.37. The van der Waals surface area contributed by atoms with Crippen molar-refractivity contribution in [2.75, 3.05) is 47.5 Å². The first-order chi connectivity index (χ1) is 28.5. The molecule has 0 amide bonds. The molecule has 0 radical (unpaired) electrons. The molecule has 0 spiro atoms. The second-order valence-electron chi connectivity index (χ2n) is 16.8. The maximum Gasteiger partial charge on any atom is 0.472 e. The smallest absolute Gasteiger partial charge is 0.462 e. The summed E-state index contributed by atoms with van der Waals surface area (Å²) < 4.78 is 34.2. The highest BCUT2D eigenvalue weighted by Gasteiger charge is 2.27. The number of phosphoric acid groups is 1. The van der Waals surface area contributed by atoms with Gasteiger partial charge in [-0.25, -0.2) is 4.57 Å². The lowest BCUT2D eigenvalue weighted by Gasteiger charge is -2.24. The van der Waals surface area contributed by atoms with E-state index >= 15 is 0 Å². The van der Waals surface area contributed by atoms with Gasteiger partial charge >= 0.3 is 19.8 Å². The number of esters is 2. The lowest BCUT2D eigenvalue weighted by molar-refractivity contribution is -0.870. The molecule has 0 aromatic rings. The predicted octanol–water partition coefficient (Wildman–Crippen LogP) is 13.6. The van der Waals surface area contributed by atoms with Crippen LogP contribution in [0.1, 0.15) is 187 Å². The highest BCUT2D eigenvalue weighted by Crippen LogP contribution is 2.43. The fourth-order valence-electron chi connectivity index (χ4n) is 6.07. The van der Waals surface area contributed by atoms with Gasteiger partial charge in [0.25, 0.3) is 0 Å². The van der Waals surface area contributed by atoms with Crippen molar-refractivity contribution in [1.29, 1.82) is 0 Å². The van der Waals surface area contributed by atoms with Gasteiger partial charge in [0.15, 0.2) is 6.10 Å². The second kappa shape index (κ2) is 41.1. The van der Waals surface area contributed by atoms with E-state index in [0.29, 0.717) is 17.4 Å². The van der Waals surface area contributed by atoms with Crippen molar-refractivity contribution in [2.24, 2.45) is 0 Å². The van der Waals surface area contributed by atoms with Crippen molar-refractivity contribution >= 4 is 19.8 Å². The molecule has 0 saturated carbocycles. The van der Waals surface area contributed by atoms with E-state index < -0.39 is 26.5 Å². The summed E-state index contributed by atoms with van der Waals surface area (Å²) in [7, 11) is 1.44. The molecule has 0 heterocycles. The highest BCUT2D eigenvalue weighted by molar-refractivity contribution is 7.47. The molecule has 342 valence electrons. The number of likely N-dealkylation sites (N-methyl/N-ethyl adjacent to an activating group) is 1. The summed E-state index contributed by atoms with van der Waals surface area (Å²) in [6, 6.07) is 0. The molecule has 0 bridgehead atoms. The summed E-state index contributed by atoms with van der Waals surface area (Å²) in [6.07, 6.45) is 50.0. The number of phosphoric ester groups is 1. The van der Waals surface area contributed by atoms with E-state index in [2.05, 4.69) is 62.5 Å². The van der Waals surface area contributed by atoms with Crippen LogP contribution in [0.3, 0.4) is 0 Å².